The molecule has 0 saturated heterocycles. The average molecular weight is 559 g/mol. The van der Waals surface area contributed by atoms with Crippen molar-refractivity contribution < 1.29 is 9.84 Å². The Hall–Kier alpha value is -3.42. The lowest BCUT2D eigenvalue weighted by molar-refractivity contribution is 0.340. The highest BCUT2D eigenvalue weighted by Crippen LogP contribution is 2.41. The zero-order chi connectivity index (χ0) is 24.8. The van der Waals surface area contributed by atoms with E-state index in [9.17, 15) is 9.90 Å². The fourth-order valence-corrected chi connectivity index (χ4v) is 6.39. The van der Waals surface area contributed by atoms with E-state index in [1.807, 2.05) is 41.8 Å². The molecule has 5 nitrogen and oxygen atoms in total. The van der Waals surface area contributed by atoms with Gasteiger partial charge < -0.3 is 9.84 Å². The minimum absolute atomic E-state index is 0.109. The molecule has 4 aromatic rings. The molecule has 2 heterocycles. The van der Waals surface area contributed by atoms with Crippen molar-refractivity contribution in [2.24, 2.45) is 4.99 Å². The van der Waals surface area contributed by atoms with Crippen LogP contribution in [0.1, 0.15) is 41.6 Å². The number of aromatic nitrogens is 1. The lowest BCUT2D eigenvalue weighted by atomic mass is 9.83. The first-order chi connectivity index (χ1) is 17.5. The number of rotatable bonds is 4. The molecule has 1 unspecified atom stereocenters. The van der Waals surface area contributed by atoms with Gasteiger partial charge in [0.15, 0.2) is 4.80 Å². The van der Waals surface area contributed by atoms with E-state index in [4.69, 9.17) is 9.73 Å². The molecule has 6 rings (SSSR count). The maximum absolute atomic E-state index is 13.8. The van der Waals surface area contributed by atoms with Gasteiger partial charge in [-0.2, -0.15) is 0 Å². The summed E-state index contributed by atoms with van der Waals surface area (Å²) in [6.07, 6.45) is 3.49. The van der Waals surface area contributed by atoms with Crippen LogP contribution in [-0.2, 0) is 6.42 Å². The maximum Gasteiger partial charge on any atom is 0.271 e. The van der Waals surface area contributed by atoms with Crippen LogP contribution in [0, 0.1) is 0 Å². The highest BCUT2D eigenvalue weighted by molar-refractivity contribution is 9.10. The van der Waals surface area contributed by atoms with Gasteiger partial charge in [0.2, 0.25) is 0 Å². The van der Waals surface area contributed by atoms with Crippen molar-refractivity contribution in [1.29, 1.82) is 0 Å². The normalized spacial score (nSPS) is 16.7. The molecule has 0 spiro atoms. The van der Waals surface area contributed by atoms with Crippen molar-refractivity contribution in [2.45, 2.75) is 25.8 Å². The predicted molar refractivity (Wildman–Crippen MR) is 146 cm³/mol. The molecule has 1 N–H and O–H groups in total. The van der Waals surface area contributed by atoms with Crippen molar-refractivity contribution in [3.05, 3.63) is 119 Å². The molecule has 180 valence electrons. The van der Waals surface area contributed by atoms with Crippen LogP contribution in [0.5, 0.6) is 11.5 Å². The Kier molecular flexibility index (Phi) is 5.90. The second-order valence-corrected chi connectivity index (χ2v) is 10.7. The number of fused-ring (bicyclic) bond motifs is 3. The first-order valence-electron chi connectivity index (χ1n) is 11.9. The topological polar surface area (TPSA) is 63.8 Å². The van der Waals surface area contributed by atoms with Crippen LogP contribution in [0.15, 0.2) is 86.6 Å². The molecule has 1 aromatic heterocycles. The number of aryl methyl sites for hydroxylation is 1. The molecule has 0 fully saturated rings. The zero-order valence-corrected chi connectivity index (χ0v) is 22.0. The molecule has 7 heteroatoms. The fourth-order valence-electron chi connectivity index (χ4n) is 5.02. The van der Waals surface area contributed by atoms with E-state index in [0.29, 0.717) is 21.5 Å². The minimum Gasteiger partial charge on any atom is -0.507 e. The molecule has 1 aliphatic heterocycles. The van der Waals surface area contributed by atoms with Crippen molar-refractivity contribution >= 4 is 39.0 Å². The van der Waals surface area contributed by atoms with E-state index in [2.05, 4.69) is 34.1 Å². The van der Waals surface area contributed by atoms with Gasteiger partial charge in [0.25, 0.3) is 5.56 Å². The summed E-state index contributed by atoms with van der Waals surface area (Å²) in [5.74, 6) is 0.933. The monoisotopic (exact) mass is 558 g/mol. The molecule has 36 heavy (non-hydrogen) atoms. The van der Waals surface area contributed by atoms with E-state index >= 15 is 0 Å². The number of phenols is 1. The third-order valence-corrected chi connectivity index (χ3v) is 8.13. The SMILES string of the molecule is CCOc1ccc(C2C3=C(N=c4sc(=Cc5cc(Br)ccc5O)c(=O)n42)c2ccccc2CC3)cc1. The third kappa shape index (κ3) is 3.92. The van der Waals surface area contributed by atoms with Gasteiger partial charge in [-0.1, -0.05) is 63.7 Å². The number of halogens is 1. The highest BCUT2D eigenvalue weighted by atomic mass is 79.9. The quantitative estimate of drug-likeness (QED) is 0.375. The Labute approximate surface area is 220 Å². The Morgan fingerprint density at radius 2 is 1.94 bits per heavy atom. The van der Waals surface area contributed by atoms with Crippen LogP contribution in [-0.4, -0.2) is 16.3 Å². The zero-order valence-electron chi connectivity index (χ0n) is 19.6. The first kappa shape index (κ1) is 23.0. The lowest BCUT2D eigenvalue weighted by Crippen LogP contribution is -2.38. The summed E-state index contributed by atoms with van der Waals surface area (Å²) in [6.45, 7) is 2.56. The molecule has 2 aliphatic rings. The smallest absolute Gasteiger partial charge is 0.271 e. The van der Waals surface area contributed by atoms with Crippen LogP contribution in [0.3, 0.4) is 0 Å². The van der Waals surface area contributed by atoms with E-state index in [-0.39, 0.29) is 17.4 Å². The van der Waals surface area contributed by atoms with Gasteiger partial charge in [-0.3, -0.25) is 9.36 Å². The number of thiazole rings is 1. The van der Waals surface area contributed by atoms with Crippen LogP contribution in [0.2, 0.25) is 0 Å². The summed E-state index contributed by atoms with van der Waals surface area (Å²) < 4.78 is 8.84. The van der Waals surface area contributed by atoms with Crippen LogP contribution < -0.4 is 19.6 Å². The summed E-state index contributed by atoms with van der Waals surface area (Å²) >= 11 is 4.81. The molecule has 0 amide bonds. The number of allylic oxidation sites excluding steroid dienone is 1. The molecule has 0 bridgehead atoms. The summed E-state index contributed by atoms with van der Waals surface area (Å²) in [5.41, 5.74) is 6.04. The lowest BCUT2D eigenvalue weighted by Gasteiger charge is -2.30. The summed E-state index contributed by atoms with van der Waals surface area (Å²) in [7, 11) is 0. The van der Waals surface area contributed by atoms with Crippen LogP contribution in [0.25, 0.3) is 11.8 Å². The second kappa shape index (κ2) is 9.22. The van der Waals surface area contributed by atoms with Gasteiger partial charge in [-0.25, -0.2) is 4.99 Å². The predicted octanol–water partition coefficient (Wildman–Crippen LogP) is 5.19. The number of hydrogen-bond donors (Lipinski definition) is 1. The number of aromatic hydroxyl groups is 1. The Balaban J connectivity index is 1.59. The number of nitrogens with zero attached hydrogens (tertiary/aromatic N) is 2. The average Bonchev–Trinajstić information content (AvgIpc) is 3.20. The molecule has 1 atom stereocenters. The fraction of sp³-hybridized carbons (Fsp3) is 0.172. The van der Waals surface area contributed by atoms with E-state index in [0.717, 1.165) is 45.5 Å². The number of benzene rings is 3. The molecule has 0 saturated carbocycles. The number of ether oxygens (including phenoxy) is 1. The first-order valence-corrected chi connectivity index (χ1v) is 13.5. The van der Waals surface area contributed by atoms with Crippen LogP contribution in [0.4, 0.5) is 0 Å². The molecule has 3 aromatic carbocycles. The summed E-state index contributed by atoms with van der Waals surface area (Å²) in [4.78, 5) is 19.5. The largest absolute Gasteiger partial charge is 0.507 e. The van der Waals surface area contributed by atoms with Crippen molar-refractivity contribution in [3.63, 3.8) is 0 Å². The van der Waals surface area contributed by atoms with Gasteiger partial charge in [0.1, 0.15) is 11.5 Å². The maximum atomic E-state index is 13.8. The van der Waals surface area contributed by atoms with Crippen LogP contribution >= 0.6 is 27.3 Å². The molecule has 0 radical (unpaired) electrons. The van der Waals surface area contributed by atoms with Gasteiger partial charge in [-0.05, 0) is 72.9 Å². The highest BCUT2D eigenvalue weighted by Gasteiger charge is 2.32. The second-order valence-electron chi connectivity index (χ2n) is 8.82. The summed E-state index contributed by atoms with van der Waals surface area (Å²) in [6, 6.07) is 21.3. The van der Waals surface area contributed by atoms with E-state index in [1.54, 1.807) is 24.3 Å². The van der Waals surface area contributed by atoms with Crippen molar-refractivity contribution in [2.75, 3.05) is 6.61 Å². The molecular formula is C29H23BrN2O3S. The number of hydrogen-bond acceptors (Lipinski definition) is 5. The molecular weight excluding hydrogens is 536 g/mol. The Morgan fingerprint density at radius 3 is 2.75 bits per heavy atom. The Bertz CT molecular complexity index is 1700. The Morgan fingerprint density at radius 1 is 1.14 bits per heavy atom. The van der Waals surface area contributed by atoms with Gasteiger partial charge in [0.05, 0.1) is 22.9 Å². The molecule has 1 aliphatic carbocycles. The van der Waals surface area contributed by atoms with Gasteiger partial charge >= 0.3 is 0 Å². The van der Waals surface area contributed by atoms with Gasteiger partial charge in [-0.15, -0.1) is 0 Å². The van der Waals surface area contributed by atoms with E-state index < -0.39 is 0 Å². The van der Waals surface area contributed by atoms with Gasteiger partial charge in [0, 0.05) is 15.6 Å². The standard InChI is InChI=1S/C29H23BrN2O3S/c1-2-35-21-11-7-18(8-12-21)27-23-13-9-17-5-3-4-6-22(17)26(23)31-29-32(27)28(34)25(36-29)16-19-15-20(30)10-14-24(19)33/h3-8,10-12,14-16,27,33H,2,9,13H2,1H3. The van der Waals surface area contributed by atoms with E-state index in [1.165, 1.54) is 16.9 Å². The minimum atomic E-state index is -0.251. The summed E-state index contributed by atoms with van der Waals surface area (Å²) in [5, 5.41) is 10.4. The third-order valence-electron chi connectivity index (χ3n) is 6.66. The number of phenolic OH excluding ortho intramolecular Hbond substituents is 1. The van der Waals surface area contributed by atoms with Crippen molar-refractivity contribution in [3.8, 4) is 11.5 Å². The van der Waals surface area contributed by atoms with Crippen molar-refractivity contribution in [1.82, 2.24) is 4.57 Å².